The van der Waals surface area contributed by atoms with Crippen molar-refractivity contribution in [2.24, 2.45) is 5.92 Å². The molecule has 4 atom stereocenters. The van der Waals surface area contributed by atoms with Gasteiger partial charge in [0.1, 0.15) is 5.75 Å². The molecule has 11 heteroatoms. The minimum atomic E-state index is -4.45. The smallest absolute Gasteiger partial charge is 0.389 e. The Morgan fingerprint density at radius 1 is 1.27 bits per heavy atom. The highest BCUT2D eigenvalue weighted by Gasteiger charge is 2.31. The van der Waals surface area contributed by atoms with Crippen LogP contribution in [0.15, 0.2) is 18.2 Å². The number of rotatable bonds is 9. The van der Waals surface area contributed by atoms with E-state index < -0.39 is 36.9 Å². The van der Waals surface area contributed by atoms with E-state index in [-0.39, 0.29) is 36.0 Å². The molecule has 0 aliphatic carbocycles. The minimum absolute atomic E-state index is 0.0613. The van der Waals surface area contributed by atoms with Crippen LogP contribution in [0.2, 0.25) is 0 Å². The summed E-state index contributed by atoms with van der Waals surface area (Å²) in [5, 5.41) is 12.5. The van der Waals surface area contributed by atoms with Gasteiger partial charge in [0.25, 0.3) is 5.91 Å². The number of anilines is 1. The van der Waals surface area contributed by atoms with Gasteiger partial charge in [-0.3, -0.25) is 9.59 Å². The predicted octanol–water partition coefficient (Wildman–Crippen LogP) is 5.10. The lowest BCUT2D eigenvalue weighted by Crippen LogP contribution is -2.47. The number of fused-ring (bicyclic) bond motifs is 1. The first-order valence-electron chi connectivity index (χ1n) is 14.2. The lowest BCUT2D eigenvalue weighted by molar-refractivity contribution is -0.142. The Balaban J connectivity index is 2.42. The van der Waals surface area contributed by atoms with Gasteiger partial charge in [-0.05, 0) is 71.3 Å². The normalized spacial score (nSPS) is 22.3. The van der Waals surface area contributed by atoms with Gasteiger partial charge < -0.3 is 29.7 Å². The molecule has 1 aliphatic heterocycles. The topological polar surface area (TPSA) is 91.3 Å². The Kier molecular flexibility index (Phi) is 13.7. The van der Waals surface area contributed by atoms with Crippen LogP contribution in [-0.4, -0.2) is 91.0 Å². The first kappa shape index (κ1) is 33.8. The molecule has 1 heterocycles. The van der Waals surface area contributed by atoms with Crippen molar-refractivity contribution in [1.29, 1.82) is 0 Å². The molecule has 0 bridgehead atoms. The zero-order valence-electron chi connectivity index (χ0n) is 24.4. The van der Waals surface area contributed by atoms with Crippen LogP contribution < -0.4 is 10.1 Å². The van der Waals surface area contributed by atoms with Crippen LogP contribution in [-0.2, 0) is 9.53 Å². The Labute approximate surface area is 236 Å². The number of amides is 2. The van der Waals surface area contributed by atoms with Gasteiger partial charge in [0.15, 0.2) is 0 Å². The Morgan fingerprint density at radius 2 is 2.00 bits per heavy atom. The van der Waals surface area contributed by atoms with E-state index in [1.807, 2.05) is 20.9 Å². The number of alkyl halides is 3. The number of benzene rings is 1. The van der Waals surface area contributed by atoms with Crippen LogP contribution in [0.1, 0.15) is 76.6 Å². The Morgan fingerprint density at radius 3 is 2.65 bits per heavy atom. The fraction of sp³-hybridized carbons (Fsp3) is 0.724. The summed E-state index contributed by atoms with van der Waals surface area (Å²) in [4.78, 5) is 30.0. The molecule has 228 valence electrons. The Hall–Kier alpha value is -2.37. The summed E-state index contributed by atoms with van der Waals surface area (Å²) >= 11 is 0. The molecule has 2 N–H and O–H groups in total. The molecular formula is C29H46F3N3O5. The molecule has 2 amide bonds. The third kappa shape index (κ3) is 11.2. The van der Waals surface area contributed by atoms with Crippen LogP contribution in [0.4, 0.5) is 18.9 Å². The van der Waals surface area contributed by atoms with Gasteiger partial charge in [0.2, 0.25) is 5.91 Å². The fourth-order valence-corrected chi connectivity index (χ4v) is 4.72. The number of hydrogen-bond acceptors (Lipinski definition) is 6. The number of likely N-dealkylation sites (N-methyl/N-ethyl adjacent to an activating group) is 1. The molecular weight excluding hydrogens is 527 g/mol. The first-order valence-corrected chi connectivity index (χ1v) is 14.2. The molecule has 1 aromatic carbocycles. The molecule has 8 nitrogen and oxygen atoms in total. The van der Waals surface area contributed by atoms with Crippen molar-refractivity contribution in [2.75, 3.05) is 45.2 Å². The SMILES string of the molecule is CCCN(C)C[C@@H]1OCCCC[C@@H](C)Oc2ccc(NC(=O)CCC(F)(F)F)cc2C(=O)N([C@H](C)CO)C[C@@H]1C. The lowest BCUT2D eigenvalue weighted by Gasteiger charge is -2.35. The van der Waals surface area contributed by atoms with Gasteiger partial charge in [0, 0.05) is 37.7 Å². The number of ether oxygens (including phenoxy) is 2. The zero-order chi connectivity index (χ0) is 29.9. The maximum Gasteiger partial charge on any atom is 0.389 e. The average Bonchev–Trinajstić information content (AvgIpc) is 2.88. The minimum Gasteiger partial charge on any atom is -0.490 e. The van der Waals surface area contributed by atoms with E-state index in [2.05, 4.69) is 17.1 Å². The third-order valence-electron chi connectivity index (χ3n) is 7.07. The molecule has 0 spiro atoms. The number of nitrogens with one attached hydrogen (secondary N) is 1. The maximum absolute atomic E-state index is 14.0. The zero-order valence-corrected chi connectivity index (χ0v) is 24.4. The molecule has 1 aromatic rings. The van der Waals surface area contributed by atoms with Gasteiger partial charge in [-0.2, -0.15) is 13.2 Å². The summed E-state index contributed by atoms with van der Waals surface area (Å²) in [6.07, 6.45) is -3.27. The molecule has 0 radical (unpaired) electrons. The van der Waals surface area contributed by atoms with Crippen molar-refractivity contribution >= 4 is 17.5 Å². The molecule has 40 heavy (non-hydrogen) atoms. The van der Waals surface area contributed by atoms with Gasteiger partial charge in [0.05, 0.1) is 36.8 Å². The molecule has 0 unspecified atom stereocenters. The van der Waals surface area contributed by atoms with Crippen LogP contribution in [0.5, 0.6) is 5.75 Å². The molecule has 0 fully saturated rings. The summed E-state index contributed by atoms with van der Waals surface area (Å²) in [6.45, 7) is 10.1. The molecule has 0 saturated carbocycles. The van der Waals surface area contributed by atoms with Crippen LogP contribution >= 0.6 is 0 Å². The number of aliphatic hydroxyl groups is 1. The van der Waals surface area contributed by atoms with Crippen molar-refractivity contribution < 1.29 is 37.3 Å². The highest BCUT2D eigenvalue weighted by atomic mass is 19.4. The van der Waals surface area contributed by atoms with Crippen molar-refractivity contribution in [2.45, 2.75) is 90.6 Å². The van der Waals surface area contributed by atoms with Crippen LogP contribution in [0, 0.1) is 5.92 Å². The number of carbonyl (C=O) groups excluding carboxylic acids is 2. The van der Waals surface area contributed by atoms with E-state index in [0.717, 1.165) is 32.2 Å². The summed E-state index contributed by atoms with van der Waals surface area (Å²) < 4.78 is 50.2. The van der Waals surface area contributed by atoms with Crippen LogP contribution in [0.3, 0.4) is 0 Å². The number of halogens is 3. The second-order valence-corrected chi connectivity index (χ2v) is 10.9. The number of carbonyl (C=O) groups is 2. The van der Waals surface area contributed by atoms with Gasteiger partial charge in [-0.1, -0.05) is 13.8 Å². The average molecular weight is 574 g/mol. The number of nitrogens with zero attached hydrogens (tertiary/aromatic N) is 2. The summed E-state index contributed by atoms with van der Waals surface area (Å²) in [6, 6.07) is 3.99. The van der Waals surface area contributed by atoms with Crippen molar-refractivity contribution in [1.82, 2.24) is 9.80 Å². The van der Waals surface area contributed by atoms with E-state index in [0.29, 0.717) is 25.4 Å². The fourth-order valence-electron chi connectivity index (χ4n) is 4.72. The summed E-state index contributed by atoms with van der Waals surface area (Å²) in [7, 11) is 2.05. The highest BCUT2D eigenvalue weighted by Crippen LogP contribution is 2.29. The van der Waals surface area contributed by atoms with Crippen molar-refractivity contribution in [3.63, 3.8) is 0 Å². The lowest BCUT2D eigenvalue weighted by atomic mass is 10.0. The Bertz CT molecular complexity index is 946. The maximum atomic E-state index is 14.0. The highest BCUT2D eigenvalue weighted by molar-refractivity contribution is 5.99. The van der Waals surface area contributed by atoms with Gasteiger partial charge >= 0.3 is 6.18 Å². The summed E-state index contributed by atoms with van der Waals surface area (Å²) in [5.41, 5.74) is 0.370. The molecule has 1 aliphatic rings. The van der Waals surface area contributed by atoms with Crippen LogP contribution in [0.25, 0.3) is 0 Å². The monoisotopic (exact) mass is 573 g/mol. The van der Waals surface area contributed by atoms with E-state index >= 15 is 0 Å². The number of hydrogen-bond donors (Lipinski definition) is 2. The largest absolute Gasteiger partial charge is 0.490 e. The molecule has 0 saturated heterocycles. The second kappa shape index (κ2) is 16.2. The predicted molar refractivity (Wildman–Crippen MR) is 149 cm³/mol. The van der Waals surface area contributed by atoms with Gasteiger partial charge in [-0.25, -0.2) is 0 Å². The number of aliphatic hydroxyl groups excluding tert-OH is 1. The first-order chi connectivity index (χ1) is 18.8. The van der Waals surface area contributed by atoms with Crippen molar-refractivity contribution in [3.8, 4) is 5.75 Å². The van der Waals surface area contributed by atoms with Crippen molar-refractivity contribution in [3.05, 3.63) is 23.8 Å². The van der Waals surface area contributed by atoms with E-state index in [1.54, 1.807) is 17.9 Å². The van der Waals surface area contributed by atoms with E-state index in [1.165, 1.54) is 12.1 Å². The third-order valence-corrected chi connectivity index (χ3v) is 7.07. The quantitative estimate of drug-likeness (QED) is 0.427. The standard InChI is InChI=1S/C29H46F3N3O5/c1-6-14-34(5)18-26-20(2)17-35(21(3)19-36)28(38)24-16-23(33-27(37)12-13-29(30,31)32)10-11-25(24)40-22(4)9-7-8-15-39-26/h10-11,16,20-22,26,36H,6-9,12-15,17-19H2,1-5H3,(H,33,37)/t20-,21+,22+,26-/m0/s1. The molecule has 2 rings (SSSR count). The summed E-state index contributed by atoms with van der Waals surface area (Å²) in [5.74, 6) is -0.945. The second-order valence-electron chi connectivity index (χ2n) is 10.9. The molecule has 0 aromatic heterocycles. The van der Waals surface area contributed by atoms with Gasteiger partial charge in [-0.15, -0.1) is 0 Å². The van der Waals surface area contributed by atoms with E-state index in [9.17, 15) is 27.9 Å². The van der Waals surface area contributed by atoms with E-state index in [4.69, 9.17) is 9.47 Å².